The Balaban J connectivity index is 0.000000257. The number of aryl methyl sites for hydroxylation is 2. The van der Waals surface area contributed by atoms with E-state index in [4.69, 9.17) is 14.5 Å². The standard InChI is InChI=1S/C40H43N3O5.C33H29N3O5/c1-26(2)24-38(41-47-29(6)44)31-12-18-35(19-13-31)43(36-20-14-32(15-21-36)39(25-27(3)4)42-48-30(7)45)37-22-16-34(17-23-37)40(46)33-10-8-28(5)9-11-33;1-22-6-5-7-29(20-22)33(39)28-12-18-32(19-13-28)36(30-14-8-26(9-15-30)21-34-40-24(3)37)31-16-10-27(11-17-31)23(2)35-41-25(4)38/h8-23,26-27H,24-25H2,1-7H3;5-21H,1-4H3/b41-38+,42-39+;34-21+,35-23?. The SMILES string of the molecule is CC(=O)O/N=C(\CC(C)C)c1ccc(N(c2ccc(C(=O)c3ccc(C)cc3)cc2)c2ccc(/C(CC(C)C)=N/OC(C)=O)cc2)cc1.CC(=O)ON=C(C)c1ccc(N(c2ccc(/C=N/OC(C)=O)cc2)c2ccc(C(=O)c3cccc(C)c3)cc2)cc1. The number of carbonyl (C=O) groups excluding carboxylic acids is 6. The van der Waals surface area contributed by atoms with Crippen molar-refractivity contribution in [2.45, 2.75) is 89.0 Å². The van der Waals surface area contributed by atoms with Gasteiger partial charge < -0.3 is 29.2 Å². The number of rotatable bonds is 22. The maximum absolute atomic E-state index is 13.2. The first kappa shape index (κ1) is 65.8. The summed E-state index contributed by atoms with van der Waals surface area (Å²) in [4.78, 5) is 94.9. The van der Waals surface area contributed by atoms with Gasteiger partial charge in [-0.3, -0.25) is 9.59 Å². The lowest BCUT2D eigenvalue weighted by molar-refractivity contribution is -0.141. The minimum atomic E-state index is -0.495. The molecule has 0 aliphatic heterocycles. The largest absolute Gasteiger partial charge is 0.331 e. The summed E-state index contributed by atoms with van der Waals surface area (Å²) in [6.45, 7) is 19.3. The molecule has 0 aromatic heterocycles. The highest BCUT2D eigenvalue weighted by Crippen LogP contribution is 2.37. The Morgan fingerprint density at radius 2 is 0.697 bits per heavy atom. The second-order valence-corrected chi connectivity index (χ2v) is 21.9. The van der Waals surface area contributed by atoms with Crippen LogP contribution in [-0.2, 0) is 38.5 Å². The molecule has 0 atom stereocenters. The summed E-state index contributed by atoms with van der Waals surface area (Å²) in [6, 6.07) is 61.1. The summed E-state index contributed by atoms with van der Waals surface area (Å²) in [7, 11) is 0. The maximum atomic E-state index is 13.2. The van der Waals surface area contributed by atoms with E-state index >= 15 is 0 Å². The van der Waals surface area contributed by atoms with Crippen LogP contribution in [0.15, 0.2) is 215 Å². The molecule has 0 heterocycles. The average Bonchev–Trinajstić information content (AvgIpc) is 1.39. The first-order chi connectivity index (χ1) is 42.6. The van der Waals surface area contributed by atoms with Gasteiger partial charge in [0.15, 0.2) is 11.6 Å². The molecule has 0 amide bonds. The third-order valence-corrected chi connectivity index (χ3v) is 13.4. The molecule has 0 aliphatic rings. The third-order valence-electron chi connectivity index (χ3n) is 13.4. The Kier molecular flexibility index (Phi) is 23.4. The second kappa shape index (κ2) is 31.6. The zero-order valence-electron chi connectivity index (χ0n) is 51.9. The monoisotopic (exact) mass is 1190 g/mol. The molecular formula is C73H72N6O10. The number of ketones is 2. The normalized spacial score (nSPS) is 11.6. The smallest absolute Gasteiger partial charge is 0.319 e. The molecule has 0 bridgehead atoms. The van der Waals surface area contributed by atoms with Crippen molar-refractivity contribution in [1.82, 2.24) is 0 Å². The molecule has 8 aromatic rings. The van der Waals surface area contributed by atoms with Crippen LogP contribution < -0.4 is 9.80 Å². The molecule has 0 aliphatic carbocycles. The summed E-state index contributed by atoms with van der Waals surface area (Å²) >= 11 is 0. The van der Waals surface area contributed by atoms with E-state index < -0.39 is 23.9 Å². The van der Waals surface area contributed by atoms with Crippen LogP contribution in [0.25, 0.3) is 0 Å². The van der Waals surface area contributed by atoms with E-state index in [1.54, 1.807) is 6.92 Å². The van der Waals surface area contributed by atoms with E-state index in [0.717, 1.165) is 67.5 Å². The molecule has 0 radical (unpaired) electrons. The van der Waals surface area contributed by atoms with Gasteiger partial charge in [0.05, 0.1) is 23.3 Å². The van der Waals surface area contributed by atoms with Gasteiger partial charge in [-0.25, -0.2) is 19.2 Å². The van der Waals surface area contributed by atoms with E-state index in [1.807, 2.05) is 213 Å². The predicted molar refractivity (Wildman–Crippen MR) is 350 cm³/mol. The molecule has 0 saturated heterocycles. The lowest BCUT2D eigenvalue weighted by atomic mass is 9.99. The van der Waals surface area contributed by atoms with Crippen molar-refractivity contribution in [2.75, 3.05) is 9.80 Å². The average molecular weight is 1190 g/mol. The summed E-state index contributed by atoms with van der Waals surface area (Å²) in [5.74, 6) is -1.41. The Morgan fingerprint density at radius 1 is 0.371 bits per heavy atom. The van der Waals surface area contributed by atoms with Gasteiger partial charge in [0.25, 0.3) is 0 Å². The molecule has 0 fully saturated rings. The van der Waals surface area contributed by atoms with Gasteiger partial charge in [-0.05, 0) is 171 Å². The minimum absolute atomic E-state index is 0.0451. The van der Waals surface area contributed by atoms with Gasteiger partial charge in [-0.15, -0.1) is 0 Å². The number of nitrogens with zero attached hydrogens (tertiary/aromatic N) is 6. The fraction of sp³-hybridized carbons (Fsp3) is 0.205. The summed E-state index contributed by atoms with van der Waals surface area (Å²) in [5.41, 5.74) is 14.9. The quantitative estimate of drug-likeness (QED) is 0.0270. The number of carbonyl (C=O) groups is 6. The van der Waals surface area contributed by atoms with Crippen LogP contribution in [0.2, 0.25) is 0 Å². The van der Waals surface area contributed by atoms with Crippen LogP contribution in [0.3, 0.4) is 0 Å². The topological polar surface area (TPSA) is 195 Å². The molecule has 0 N–H and O–H groups in total. The van der Waals surface area contributed by atoms with Crippen LogP contribution in [0.1, 0.15) is 140 Å². The van der Waals surface area contributed by atoms with E-state index in [-0.39, 0.29) is 11.6 Å². The van der Waals surface area contributed by atoms with Crippen molar-refractivity contribution in [3.63, 3.8) is 0 Å². The maximum Gasteiger partial charge on any atom is 0.331 e. The predicted octanol–water partition coefficient (Wildman–Crippen LogP) is 16.2. The fourth-order valence-corrected chi connectivity index (χ4v) is 9.18. The van der Waals surface area contributed by atoms with E-state index in [9.17, 15) is 28.8 Å². The highest BCUT2D eigenvalue weighted by molar-refractivity contribution is 6.10. The van der Waals surface area contributed by atoms with Gasteiger partial charge >= 0.3 is 23.9 Å². The summed E-state index contributed by atoms with van der Waals surface area (Å²) in [6.07, 6.45) is 2.74. The van der Waals surface area contributed by atoms with Gasteiger partial charge in [0.1, 0.15) is 0 Å². The summed E-state index contributed by atoms with van der Waals surface area (Å²) in [5, 5.41) is 15.8. The number of anilines is 6. The Hall–Kier alpha value is -10.7. The van der Waals surface area contributed by atoms with Gasteiger partial charge in [-0.2, -0.15) is 0 Å². The van der Waals surface area contributed by atoms with Crippen molar-refractivity contribution < 1.29 is 48.1 Å². The molecule has 0 saturated carbocycles. The molecule has 16 heteroatoms. The molecule has 0 spiro atoms. The molecule has 16 nitrogen and oxygen atoms in total. The van der Waals surface area contributed by atoms with Crippen molar-refractivity contribution in [3.05, 3.63) is 250 Å². The van der Waals surface area contributed by atoms with Crippen LogP contribution in [0.5, 0.6) is 0 Å². The van der Waals surface area contributed by atoms with Gasteiger partial charge in [0, 0.05) is 84.1 Å². The summed E-state index contributed by atoms with van der Waals surface area (Å²) < 4.78 is 0. The molecule has 454 valence electrons. The first-order valence-corrected chi connectivity index (χ1v) is 29.0. The first-order valence-electron chi connectivity index (χ1n) is 29.0. The van der Waals surface area contributed by atoms with Crippen LogP contribution in [0.4, 0.5) is 34.1 Å². The molecule has 8 aromatic carbocycles. The highest BCUT2D eigenvalue weighted by Gasteiger charge is 2.20. The van der Waals surface area contributed by atoms with E-state index in [2.05, 4.69) is 58.1 Å². The van der Waals surface area contributed by atoms with Crippen molar-refractivity contribution in [3.8, 4) is 0 Å². The lowest BCUT2D eigenvalue weighted by Gasteiger charge is -2.26. The minimum Gasteiger partial charge on any atom is -0.319 e. The molecule has 89 heavy (non-hydrogen) atoms. The number of benzene rings is 8. The molecular weight excluding hydrogens is 1120 g/mol. The zero-order valence-corrected chi connectivity index (χ0v) is 51.9. The number of hydrogen-bond acceptors (Lipinski definition) is 16. The van der Waals surface area contributed by atoms with E-state index in [1.165, 1.54) is 33.9 Å². The molecule has 8 rings (SSSR count). The van der Waals surface area contributed by atoms with Crippen molar-refractivity contribution in [2.24, 2.45) is 32.5 Å². The molecule has 0 unspecified atom stereocenters. The lowest BCUT2D eigenvalue weighted by Crippen LogP contribution is -2.12. The van der Waals surface area contributed by atoms with Crippen LogP contribution >= 0.6 is 0 Å². The van der Waals surface area contributed by atoms with E-state index in [0.29, 0.717) is 64.1 Å². The third kappa shape index (κ3) is 19.4. The number of hydrogen-bond donors (Lipinski definition) is 0. The zero-order chi connectivity index (χ0) is 64.1. The second-order valence-electron chi connectivity index (χ2n) is 21.9. The van der Waals surface area contributed by atoms with Crippen LogP contribution in [-0.4, -0.2) is 58.8 Å². The highest BCUT2D eigenvalue weighted by atomic mass is 16.7. The number of oxime groups is 4. The fourth-order valence-electron chi connectivity index (χ4n) is 9.18. The van der Waals surface area contributed by atoms with Crippen LogP contribution in [0, 0.1) is 25.7 Å². The Bertz CT molecular complexity index is 3810. The van der Waals surface area contributed by atoms with Gasteiger partial charge in [-0.1, -0.05) is 150 Å². The Morgan fingerprint density at radius 3 is 1.06 bits per heavy atom. The van der Waals surface area contributed by atoms with Crippen molar-refractivity contribution >= 4 is 92.9 Å². The Labute approximate surface area is 519 Å². The van der Waals surface area contributed by atoms with Crippen molar-refractivity contribution in [1.29, 1.82) is 0 Å². The van der Waals surface area contributed by atoms with Gasteiger partial charge in [0.2, 0.25) is 0 Å².